The highest BCUT2D eigenvalue weighted by Gasteiger charge is 2.22. The third-order valence-electron chi connectivity index (χ3n) is 3.87. The van der Waals surface area contributed by atoms with Crippen molar-refractivity contribution in [1.82, 2.24) is 10.2 Å². The minimum absolute atomic E-state index is 0.122. The van der Waals surface area contributed by atoms with Crippen LogP contribution in [0.3, 0.4) is 0 Å². The van der Waals surface area contributed by atoms with E-state index in [2.05, 4.69) is 10.2 Å². The van der Waals surface area contributed by atoms with Gasteiger partial charge < -0.3 is 19.7 Å². The van der Waals surface area contributed by atoms with Crippen LogP contribution in [0.2, 0.25) is 0 Å². The van der Waals surface area contributed by atoms with Gasteiger partial charge in [-0.3, -0.25) is 4.79 Å². The lowest BCUT2D eigenvalue weighted by Crippen LogP contribution is -2.42. The zero-order chi connectivity index (χ0) is 14.8. The second kappa shape index (κ2) is 10.1. The molecule has 1 saturated heterocycles. The van der Waals surface area contributed by atoms with E-state index in [1.165, 1.54) is 12.8 Å². The van der Waals surface area contributed by atoms with Gasteiger partial charge in [0.2, 0.25) is 0 Å². The first-order chi connectivity index (χ1) is 9.71. The molecular formula is C15H30N2O3. The molecule has 0 aliphatic carbocycles. The summed E-state index contributed by atoms with van der Waals surface area (Å²) >= 11 is 0. The van der Waals surface area contributed by atoms with Crippen LogP contribution in [0.25, 0.3) is 0 Å². The van der Waals surface area contributed by atoms with Crippen molar-refractivity contribution in [2.24, 2.45) is 5.92 Å². The van der Waals surface area contributed by atoms with Crippen molar-refractivity contribution in [2.45, 2.75) is 39.2 Å². The van der Waals surface area contributed by atoms with Crippen LogP contribution >= 0.6 is 0 Å². The van der Waals surface area contributed by atoms with Crippen LogP contribution in [0.15, 0.2) is 0 Å². The Bertz CT molecular complexity index is 266. The number of likely N-dealkylation sites (tertiary alicyclic amines) is 1. The zero-order valence-corrected chi connectivity index (χ0v) is 13.2. The van der Waals surface area contributed by atoms with Gasteiger partial charge in [-0.25, -0.2) is 0 Å². The second-order valence-electron chi connectivity index (χ2n) is 5.39. The largest absolute Gasteiger partial charge is 0.465 e. The van der Waals surface area contributed by atoms with Gasteiger partial charge in [-0.05, 0) is 51.7 Å². The van der Waals surface area contributed by atoms with Crippen molar-refractivity contribution in [3.8, 4) is 0 Å². The molecule has 1 N–H and O–H groups in total. The number of rotatable bonds is 9. The highest BCUT2D eigenvalue weighted by Crippen LogP contribution is 2.17. The van der Waals surface area contributed by atoms with E-state index in [0.29, 0.717) is 12.5 Å². The van der Waals surface area contributed by atoms with Gasteiger partial charge in [-0.1, -0.05) is 6.92 Å². The fourth-order valence-electron chi connectivity index (χ4n) is 2.72. The van der Waals surface area contributed by atoms with Gasteiger partial charge in [0, 0.05) is 20.3 Å². The molecule has 0 bridgehead atoms. The lowest BCUT2D eigenvalue weighted by atomic mass is 9.97. The molecule has 0 aromatic rings. The fourth-order valence-corrected chi connectivity index (χ4v) is 2.72. The Morgan fingerprint density at radius 3 is 2.60 bits per heavy atom. The molecule has 0 radical (unpaired) electrons. The number of likely N-dealkylation sites (N-methyl/N-ethyl adjacent to an activating group) is 1. The van der Waals surface area contributed by atoms with Gasteiger partial charge >= 0.3 is 5.97 Å². The van der Waals surface area contributed by atoms with E-state index in [1.54, 1.807) is 7.11 Å². The number of esters is 1. The highest BCUT2D eigenvalue weighted by molar-refractivity contribution is 5.75. The molecule has 1 unspecified atom stereocenters. The molecule has 5 nitrogen and oxygen atoms in total. The third-order valence-corrected chi connectivity index (χ3v) is 3.87. The Hall–Kier alpha value is -0.650. The number of nitrogens with zero attached hydrogens (tertiary/aromatic N) is 1. The maximum atomic E-state index is 11.8. The Kier molecular flexibility index (Phi) is 8.82. The van der Waals surface area contributed by atoms with Crippen molar-refractivity contribution in [2.75, 3.05) is 46.5 Å². The summed E-state index contributed by atoms with van der Waals surface area (Å²) in [4.78, 5) is 14.3. The van der Waals surface area contributed by atoms with Gasteiger partial charge in [-0.2, -0.15) is 0 Å². The first-order valence-electron chi connectivity index (χ1n) is 7.82. The van der Waals surface area contributed by atoms with Gasteiger partial charge in [0.25, 0.3) is 0 Å². The van der Waals surface area contributed by atoms with Crippen LogP contribution in [-0.2, 0) is 14.3 Å². The van der Waals surface area contributed by atoms with Crippen molar-refractivity contribution in [3.05, 3.63) is 0 Å². The average Bonchev–Trinajstić information content (AvgIpc) is 2.45. The topological polar surface area (TPSA) is 50.8 Å². The van der Waals surface area contributed by atoms with Crippen LogP contribution in [-0.4, -0.2) is 63.4 Å². The van der Waals surface area contributed by atoms with Crippen LogP contribution in [0.5, 0.6) is 0 Å². The maximum absolute atomic E-state index is 11.8. The zero-order valence-electron chi connectivity index (χ0n) is 13.2. The number of hydrogen-bond donors (Lipinski definition) is 1. The molecular weight excluding hydrogens is 256 g/mol. The number of carbonyl (C=O) groups excluding carboxylic acids is 1. The van der Waals surface area contributed by atoms with Gasteiger partial charge in [0.1, 0.15) is 6.04 Å². The SMILES string of the molecule is CCNC(CCN1CCC(COC)CC1)C(=O)OCC. The lowest BCUT2D eigenvalue weighted by molar-refractivity contribution is -0.145. The predicted octanol–water partition coefficient (Wildman–Crippen LogP) is 1.28. The molecule has 1 aliphatic rings. The molecule has 1 rings (SSSR count). The van der Waals surface area contributed by atoms with E-state index >= 15 is 0 Å². The van der Waals surface area contributed by atoms with E-state index in [-0.39, 0.29) is 12.0 Å². The maximum Gasteiger partial charge on any atom is 0.323 e. The number of carbonyl (C=O) groups is 1. The van der Waals surface area contributed by atoms with Crippen molar-refractivity contribution < 1.29 is 14.3 Å². The second-order valence-corrected chi connectivity index (χ2v) is 5.39. The number of hydrogen-bond acceptors (Lipinski definition) is 5. The minimum Gasteiger partial charge on any atom is -0.465 e. The van der Waals surface area contributed by atoms with Crippen molar-refractivity contribution in [3.63, 3.8) is 0 Å². The molecule has 0 saturated carbocycles. The Morgan fingerprint density at radius 2 is 2.05 bits per heavy atom. The molecule has 1 atom stereocenters. The average molecular weight is 286 g/mol. The van der Waals surface area contributed by atoms with Gasteiger partial charge in [0.05, 0.1) is 6.61 Å². The summed E-state index contributed by atoms with van der Waals surface area (Å²) in [5.41, 5.74) is 0. The van der Waals surface area contributed by atoms with Crippen LogP contribution in [0, 0.1) is 5.92 Å². The van der Waals surface area contributed by atoms with Crippen molar-refractivity contribution >= 4 is 5.97 Å². The Balaban J connectivity index is 2.28. The normalized spacial score (nSPS) is 18.9. The number of nitrogens with one attached hydrogen (secondary N) is 1. The Morgan fingerprint density at radius 1 is 1.35 bits per heavy atom. The summed E-state index contributed by atoms with van der Waals surface area (Å²) in [6.07, 6.45) is 3.21. The quantitative estimate of drug-likeness (QED) is 0.647. The molecule has 0 spiro atoms. The predicted molar refractivity (Wildman–Crippen MR) is 79.8 cm³/mol. The Labute approximate surface area is 123 Å². The molecule has 1 fully saturated rings. The van der Waals surface area contributed by atoms with Crippen LogP contribution < -0.4 is 5.32 Å². The molecule has 1 heterocycles. The first-order valence-corrected chi connectivity index (χ1v) is 7.82. The summed E-state index contributed by atoms with van der Waals surface area (Å²) in [6, 6.07) is -0.170. The molecule has 0 amide bonds. The summed E-state index contributed by atoms with van der Waals surface area (Å²) in [5.74, 6) is 0.578. The molecule has 118 valence electrons. The van der Waals surface area contributed by atoms with E-state index in [1.807, 2.05) is 13.8 Å². The van der Waals surface area contributed by atoms with E-state index < -0.39 is 0 Å². The fraction of sp³-hybridized carbons (Fsp3) is 0.933. The molecule has 0 aromatic carbocycles. The first kappa shape index (κ1) is 17.4. The summed E-state index contributed by atoms with van der Waals surface area (Å²) in [6.45, 7) is 9.14. The number of piperidine rings is 1. The van der Waals surface area contributed by atoms with E-state index in [9.17, 15) is 4.79 Å². The standard InChI is InChI=1S/C15H30N2O3/c1-4-16-14(15(18)20-5-2)8-11-17-9-6-13(7-10-17)12-19-3/h13-14,16H,4-12H2,1-3H3. The van der Waals surface area contributed by atoms with Gasteiger partial charge in [0.15, 0.2) is 0 Å². The van der Waals surface area contributed by atoms with E-state index in [4.69, 9.17) is 9.47 Å². The summed E-state index contributed by atoms with van der Waals surface area (Å²) in [7, 11) is 1.77. The van der Waals surface area contributed by atoms with Crippen LogP contribution in [0.1, 0.15) is 33.1 Å². The molecule has 1 aliphatic heterocycles. The van der Waals surface area contributed by atoms with Gasteiger partial charge in [-0.15, -0.1) is 0 Å². The third kappa shape index (κ3) is 6.20. The molecule has 5 heteroatoms. The molecule has 0 aromatic heterocycles. The lowest BCUT2D eigenvalue weighted by Gasteiger charge is -2.32. The van der Waals surface area contributed by atoms with E-state index in [0.717, 1.165) is 39.2 Å². The highest BCUT2D eigenvalue weighted by atomic mass is 16.5. The van der Waals surface area contributed by atoms with Crippen molar-refractivity contribution in [1.29, 1.82) is 0 Å². The van der Waals surface area contributed by atoms with Crippen LogP contribution in [0.4, 0.5) is 0 Å². The smallest absolute Gasteiger partial charge is 0.323 e. The number of ether oxygens (including phenoxy) is 2. The molecule has 20 heavy (non-hydrogen) atoms. The number of methoxy groups -OCH3 is 1. The summed E-state index contributed by atoms with van der Waals surface area (Å²) in [5, 5.41) is 3.21. The minimum atomic E-state index is -0.170. The summed E-state index contributed by atoms with van der Waals surface area (Å²) < 4.78 is 10.3. The monoisotopic (exact) mass is 286 g/mol.